The van der Waals surface area contributed by atoms with E-state index in [2.05, 4.69) is 58.8 Å². The first-order valence-electron chi connectivity index (χ1n) is 8.91. The molecule has 140 valence electrons. The van der Waals surface area contributed by atoms with Gasteiger partial charge in [-0.15, -0.1) is 10.2 Å². The SMILES string of the molecule is CC(C)c1ccc(CCNC(=O)Cn2nnc(-c3ccccc3Cl)n2)cc1. The zero-order chi connectivity index (χ0) is 19.2. The molecule has 0 fully saturated rings. The van der Waals surface area contributed by atoms with Gasteiger partial charge in [0.2, 0.25) is 11.7 Å². The quantitative estimate of drug-likeness (QED) is 0.678. The summed E-state index contributed by atoms with van der Waals surface area (Å²) in [5.74, 6) is 0.764. The molecular formula is C20H22ClN5O. The second-order valence-electron chi connectivity index (χ2n) is 6.62. The maximum Gasteiger partial charge on any atom is 0.243 e. The number of nitrogens with zero attached hydrogens (tertiary/aromatic N) is 4. The Kier molecular flexibility index (Phi) is 6.19. The van der Waals surface area contributed by atoms with E-state index in [1.807, 2.05) is 18.2 Å². The number of rotatable bonds is 7. The van der Waals surface area contributed by atoms with E-state index < -0.39 is 0 Å². The first-order chi connectivity index (χ1) is 13.0. The van der Waals surface area contributed by atoms with Crippen LogP contribution in [0.1, 0.15) is 30.9 Å². The van der Waals surface area contributed by atoms with E-state index in [0.717, 1.165) is 6.42 Å². The van der Waals surface area contributed by atoms with Crippen LogP contribution < -0.4 is 5.32 Å². The molecule has 0 aliphatic rings. The van der Waals surface area contributed by atoms with Gasteiger partial charge < -0.3 is 5.32 Å². The van der Waals surface area contributed by atoms with Crippen molar-refractivity contribution in [1.29, 1.82) is 0 Å². The van der Waals surface area contributed by atoms with Crippen LogP contribution in [0.15, 0.2) is 48.5 Å². The lowest BCUT2D eigenvalue weighted by atomic mass is 10.0. The number of benzene rings is 2. The molecule has 1 aromatic heterocycles. The summed E-state index contributed by atoms with van der Waals surface area (Å²) < 4.78 is 0. The Morgan fingerprint density at radius 1 is 1.15 bits per heavy atom. The molecule has 3 aromatic rings. The predicted octanol–water partition coefficient (Wildman–Crippen LogP) is 3.48. The molecule has 0 atom stereocenters. The minimum Gasteiger partial charge on any atom is -0.354 e. The second kappa shape index (κ2) is 8.77. The van der Waals surface area contributed by atoms with Crippen molar-refractivity contribution in [3.8, 4) is 11.4 Å². The number of halogens is 1. The van der Waals surface area contributed by atoms with Gasteiger partial charge in [0.25, 0.3) is 0 Å². The van der Waals surface area contributed by atoms with Gasteiger partial charge in [-0.05, 0) is 40.8 Å². The lowest BCUT2D eigenvalue weighted by Gasteiger charge is -2.08. The molecule has 6 nitrogen and oxygen atoms in total. The lowest BCUT2D eigenvalue weighted by Crippen LogP contribution is -2.30. The summed E-state index contributed by atoms with van der Waals surface area (Å²) in [6, 6.07) is 15.7. The Labute approximate surface area is 163 Å². The second-order valence-corrected chi connectivity index (χ2v) is 7.03. The van der Waals surface area contributed by atoms with Crippen LogP contribution in [-0.2, 0) is 17.8 Å². The molecule has 0 radical (unpaired) electrons. The standard InChI is InChI=1S/C20H22ClN5O/c1-14(2)16-9-7-15(8-10-16)11-12-22-19(27)13-26-24-20(23-25-26)17-5-3-4-6-18(17)21/h3-10,14H,11-13H2,1-2H3,(H,22,27). The van der Waals surface area contributed by atoms with Gasteiger partial charge in [0.05, 0.1) is 5.02 Å². The molecule has 0 saturated heterocycles. The van der Waals surface area contributed by atoms with Crippen molar-refractivity contribution in [1.82, 2.24) is 25.5 Å². The van der Waals surface area contributed by atoms with Gasteiger partial charge >= 0.3 is 0 Å². The first kappa shape index (κ1) is 19.0. The predicted molar refractivity (Wildman–Crippen MR) is 106 cm³/mol. The minimum atomic E-state index is -0.156. The van der Waals surface area contributed by atoms with Crippen LogP contribution in [0.25, 0.3) is 11.4 Å². The molecule has 0 saturated carbocycles. The first-order valence-corrected chi connectivity index (χ1v) is 9.29. The Hall–Kier alpha value is -2.73. The van der Waals surface area contributed by atoms with E-state index >= 15 is 0 Å². The fraction of sp³-hybridized carbons (Fsp3) is 0.300. The molecule has 0 aliphatic carbocycles. The summed E-state index contributed by atoms with van der Waals surface area (Å²) in [4.78, 5) is 13.4. The van der Waals surface area contributed by atoms with Crippen LogP contribution >= 0.6 is 11.6 Å². The van der Waals surface area contributed by atoms with E-state index in [1.54, 1.807) is 6.07 Å². The Morgan fingerprint density at radius 2 is 1.89 bits per heavy atom. The number of hydrogen-bond donors (Lipinski definition) is 1. The summed E-state index contributed by atoms with van der Waals surface area (Å²) in [5, 5.41) is 15.5. The topological polar surface area (TPSA) is 72.7 Å². The zero-order valence-electron chi connectivity index (χ0n) is 15.4. The molecule has 27 heavy (non-hydrogen) atoms. The number of aromatic nitrogens is 4. The highest BCUT2D eigenvalue weighted by atomic mass is 35.5. The molecule has 0 spiro atoms. The summed E-state index contributed by atoms with van der Waals surface area (Å²) in [7, 11) is 0. The van der Waals surface area contributed by atoms with Gasteiger partial charge in [0.15, 0.2) is 0 Å². The van der Waals surface area contributed by atoms with Crippen LogP contribution in [0.3, 0.4) is 0 Å². The molecule has 7 heteroatoms. The van der Waals surface area contributed by atoms with Crippen molar-refractivity contribution in [3.63, 3.8) is 0 Å². The summed E-state index contributed by atoms with van der Waals surface area (Å²) in [6.07, 6.45) is 0.778. The van der Waals surface area contributed by atoms with Crippen LogP contribution in [0.5, 0.6) is 0 Å². The molecule has 0 unspecified atom stereocenters. The third kappa shape index (κ3) is 5.14. The van der Waals surface area contributed by atoms with E-state index in [0.29, 0.717) is 28.9 Å². The van der Waals surface area contributed by atoms with Crippen LogP contribution in [0.4, 0.5) is 0 Å². The molecule has 1 N–H and O–H groups in total. The average Bonchev–Trinajstić information content (AvgIpc) is 3.10. The number of nitrogens with one attached hydrogen (secondary N) is 1. The lowest BCUT2D eigenvalue weighted by molar-refractivity contribution is -0.122. The monoisotopic (exact) mass is 383 g/mol. The molecule has 1 heterocycles. The Bertz CT molecular complexity index is 905. The van der Waals surface area contributed by atoms with Crippen LogP contribution in [-0.4, -0.2) is 32.7 Å². The minimum absolute atomic E-state index is 0.0176. The van der Waals surface area contributed by atoms with E-state index in [1.165, 1.54) is 15.9 Å². The fourth-order valence-electron chi connectivity index (χ4n) is 2.66. The molecule has 3 rings (SSSR count). The molecule has 1 amide bonds. The van der Waals surface area contributed by atoms with Crippen molar-refractivity contribution in [3.05, 3.63) is 64.7 Å². The third-order valence-electron chi connectivity index (χ3n) is 4.23. The van der Waals surface area contributed by atoms with Crippen LogP contribution in [0, 0.1) is 0 Å². The number of tetrazole rings is 1. The van der Waals surface area contributed by atoms with Crippen molar-refractivity contribution in [2.24, 2.45) is 0 Å². The van der Waals surface area contributed by atoms with Gasteiger partial charge in [0.1, 0.15) is 6.54 Å². The van der Waals surface area contributed by atoms with Gasteiger partial charge in [-0.2, -0.15) is 4.80 Å². The maximum atomic E-state index is 12.1. The maximum absolute atomic E-state index is 12.1. The Morgan fingerprint density at radius 3 is 2.59 bits per heavy atom. The van der Waals surface area contributed by atoms with Gasteiger partial charge in [-0.3, -0.25) is 4.79 Å². The van der Waals surface area contributed by atoms with Crippen molar-refractivity contribution in [2.75, 3.05) is 6.54 Å². The normalized spacial score (nSPS) is 11.0. The Balaban J connectivity index is 1.49. The third-order valence-corrected chi connectivity index (χ3v) is 4.56. The average molecular weight is 384 g/mol. The highest BCUT2D eigenvalue weighted by Gasteiger charge is 2.11. The van der Waals surface area contributed by atoms with Crippen molar-refractivity contribution >= 4 is 17.5 Å². The molecule has 2 aromatic carbocycles. The van der Waals surface area contributed by atoms with E-state index in [4.69, 9.17) is 11.6 Å². The molecule has 0 aliphatic heterocycles. The molecule has 0 bridgehead atoms. The number of carbonyl (C=O) groups excluding carboxylic acids is 1. The van der Waals surface area contributed by atoms with E-state index in [-0.39, 0.29) is 12.5 Å². The summed E-state index contributed by atoms with van der Waals surface area (Å²) in [5.41, 5.74) is 3.20. The van der Waals surface area contributed by atoms with Crippen molar-refractivity contribution in [2.45, 2.75) is 32.7 Å². The fourth-order valence-corrected chi connectivity index (χ4v) is 2.88. The van der Waals surface area contributed by atoms with Gasteiger partial charge in [-0.1, -0.05) is 61.8 Å². The number of hydrogen-bond acceptors (Lipinski definition) is 4. The van der Waals surface area contributed by atoms with Crippen molar-refractivity contribution < 1.29 is 4.79 Å². The highest BCUT2D eigenvalue weighted by molar-refractivity contribution is 6.33. The van der Waals surface area contributed by atoms with Crippen LogP contribution in [0.2, 0.25) is 5.02 Å². The number of amides is 1. The summed E-state index contributed by atoms with van der Waals surface area (Å²) >= 11 is 6.13. The smallest absolute Gasteiger partial charge is 0.243 e. The zero-order valence-corrected chi connectivity index (χ0v) is 16.1. The van der Waals surface area contributed by atoms with Gasteiger partial charge in [0, 0.05) is 12.1 Å². The molecular weight excluding hydrogens is 362 g/mol. The number of carbonyl (C=O) groups is 1. The largest absolute Gasteiger partial charge is 0.354 e. The van der Waals surface area contributed by atoms with E-state index in [9.17, 15) is 4.79 Å². The summed E-state index contributed by atoms with van der Waals surface area (Å²) in [6.45, 7) is 4.92. The van der Waals surface area contributed by atoms with Gasteiger partial charge in [-0.25, -0.2) is 0 Å². The highest BCUT2D eigenvalue weighted by Crippen LogP contribution is 2.23.